The van der Waals surface area contributed by atoms with Gasteiger partial charge in [0.2, 0.25) is 5.91 Å². The molecule has 0 aliphatic carbocycles. The van der Waals surface area contributed by atoms with E-state index in [0.717, 1.165) is 22.6 Å². The molecule has 24 heavy (non-hydrogen) atoms. The van der Waals surface area contributed by atoms with Crippen LogP contribution in [0.2, 0.25) is 0 Å². The highest BCUT2D eigenvalue weighted by molar-refractivity contribution is 5.79. The van der Waals surface area contributed by atoms with Gasteiger partial charge >= 0.3 is 0 Å². The van der Waals surface area contributed by atoms with Crippen LogP contribution in [-0.4, -0.2) is 26.2 Å². The van der Waals surface area contributed by atoms with E-state index in [0.29, 0.717) is 19.6 Å². The Bertz CT molecular complexity index is 774. The molecule has 4 heteroatoms. The fourth-order valence-electron chi connectivity index (χ4n) is 2.59. The molecule has 4 nitrogen and oxygen atoms in total. The summed E-state index contributed by atoms with van der Waals surface area (Å²) in [5.74, 6) is 7.32. The van der Waals surface area contributed by atoms with E-state index in [9.17, 15) is 4.79 Å². The van der Waals surface area contributed by atoms with Crippen LogP contribution in [0.15, 0.2) is 48.5 Å². The van der Waals surface area contributed by atoms with Crippen LogP contribution in [0.1, 0.15) is 11.1 Å². The monoisotopic (exact) mass is 321 g/mol. The quantitative estimate of drug-likeness (QED) is 0.883. The number of benzene rings is 2. The zero-order valence-corrected chi connectivity index (χ0v) is 13.5. The number of ether oxygens (including phenoxy) is 2. The molecule has 2 aromatic carbocycles. The molecule has 0 fully saturated rings. The Kier molecular flexibility index (Phi) is 5.02. The van der Waals surface area contributed by atoms with Gasteiger partial charge in [0.1, 0.15) is 18.1 Å². The first-order valence-corrected chi connectivity index (χ1v) is 7.87. The largest absolute Gasteiger partial charge is 0.497 e. The minimum absolute atomic E-state index is 0.0289. The molecule has 1 amide bonds. The third-order valence-electron chi connectivity index (χ3n) is 3.91. The SMILES string of the molecule is COc1ccc2c(c1)OCC(C(=O)NCC#Cc1ccccc1)C2. The minimum Gasteiger partial charge on any atom is -0.497 e. The first kappa shape index (κ1) is 15.9. The maximum absolute atomic E-state index is 12.3. The summed E-state index contributed by atoms with van der Waals surface area (Å²) in [5.41, 5.74) is 1.97. The second-order valence-electron chi connectivity index (χ2n) is 5.57. The van der Waals surface area contributed by atoms with E-state index in [4.69, 9.17) is 9.47 Å². The highest BCUT2D eigenvalue weighted by Crippen LogP contribution is 2.30. The minimum atomic E-state index is -0.190. The van der Waals surface area contributed by atoms with Crippen molar-refractivity contribution in [2.45, 2.75) is 6.42 Å². The summed E-state index contributed by atoms with van der Waals surface area (Å²) < 4.78 is 10.9. The van der Waals surface area contributed by atoms with Gasteiger partial charge in [-0.3, -0.25) is 4.79 Å². The Morgan fingerprint density at radius 2 is 2.12 bits per heavy atom. The molecule has 1 N–H and O–H groups in total. The molecule has 1 heterocycles. The summed E-state index contributed by atoms with van der Waals surface area (Å²) in [6.07, 6.45) is 0.664. The van der Waals surface area contributed by atoms with E-state index in [1.165, 1.54) is 0 Å². The predicted molar refractivity (Wildman–Crippen MR) is 92.0 cm³/mol. The number of methoxy groups -OCH3 is 1. The third-order valence-corrected chi connectivity index (χ3v) is 3.91. The summed E-state index contributed by atoms with van der Waals surface area (Å²) in [5, 5.41) is 2.86. The zero-order valence-electron chi connectivity index (χ0n) is 13.5. The summed E-state index contributed by atoms with van der Waals surface area (Å²) in [6, 6.07) is 15.4. The number of nitrogens with one attached hydrogen (secondary N) is 1. The number of fused-ring (bicyclic) bond motifs is 1. The Labute approximate surface area is 141 Å². The molecular weight excluding hydrogens is 302 g/mol. The topological polar surface area (TPSA) is 47.6 Å². The number of carbonyl (C=O) groups is 1. The van der Waals surface area contributed by atoms with Gasteiger partial charge in [-0.25, -0.2) is 0 Å². The highest BCUT2D eigenvalue weighted by atomic mass is 16.5. The standard InChI is InChI=1S/C20H19NO3/c1-23-18-10-9-16-12-17(14-24-19(16)13-18)20(22)21-11-5-8-15-6-3-2-4-7-15/h2-4,6-7,9-10,13,17H,11-12,14H2,1H3,(H,21,22). The van der Waals surface area contributed by atoms with E-state index in [1.54, 1.807) is 7.11 Å². The summed E-state index contributed by atoms with van der Waals surface area (Å²) in [4.78, 5) is 12.3. The van der Waals surface area contributed by atoms with Gasteiger partial charge < -0.3 is 14.8 Å². The van der Waals surface area contributed by atoms with Crippen molar-refractivity contribution in [3.8, 4) is 23.3 Å². The lowest BCUT2D eigenvalue weighted by Gasteiger charge is -2.24. The molecule has 0 aromatic heterocycles. The molecule has 3 rings (SSSR count). The van der Waals surface area contributed by atoms with E-state index in [-0.39, 0.29) is 11.8 Å². The van der Waals surface area contributed by atoms with E-state index >= 15 is 0 Å². The first-order chi connectivity index (χ1) is 11.8. The van der Waals surface area contributed by atoms with Gasteiger partial charge in [0.05, 0.1) is 19.6 Å². The van der Waals surface area contributed by atoms with Gasteiger partial charge in [-0.1, -0.05) is 36.1 Å². The number of hydrogen-bond donors (Lipinski definition) is 1. The van der Waals surface area contributed by atoms with Crippen molar-refractivity contribution >= 4 is 5.91 Å². The number of rotatable bonds is 3. The maximum Gasteiger partial charge on any atom is 0.227 e. The van der Waals surface area contributed by atoms with Gasteiger partial charge in [0.25, 0.3) is 0 Å². The normalized spacial score (nSPS) is 15.3. The molecule has 1 aliphatic heterocycles. The molecule has 1 unspecified atom stereocenters. The molecule has 122 valence electrons. The molecule has 0 spiro atoms. The van der Waals surface area contributed by atoms with Crippen molar-refractivity contribution in [1.82, 2.24) is 5.32 Å². The van der Waals surface area contributed by atoms with Crippen molar-refractivity contribution in [1.29, 1.82) is 0 Å². The molecule has 1 atom stereocenters. The Hall–Kier alpha value is -2.93. The van der Waals surface area contributed by atoms with Gasteiger partial charge in [0.15, 0.2) is 0 Å². The number of hydrogen-bond acceptors (Lipinski definition) is 3. The van der Waals surface area contributed by atoms with Crippen molar-refractivity contribution in [3.63, 3.8) is 0 Å². The van der Waals surface area contributed by atoms with Crippen LogP contribution in [-0.2, 0) is 11.2 Å². The van der Waals surface area contributed by atoms with Crippen LogP contribution < -0.4 is 14.8 Å². The lowest BCUT2D eigenvalue weighted by atomic mass is 9.96. The second-order valence-corrected chi connectivity index (χ2v) is 5.57. The zero-order chi connectivity index (χ0) is 16.8. The van der Waals surface area contributed by atoms with Crippen LogP contribution in [0, 0.1) is 17.8 Å². The van der Waals surface area contributed by atoms with Crippen LogP contribution in [0.4, 0.5) is 0 Å². The van der Waals surface area contributed by atoms with Crippen LogP contribution in [0.3, 0.4) is 0 Å². The van der Waals surface area contributed by atoms with Gasteiger partial charge in [0, 0.05) is 11.6 Å². The van der Waals surface area contributed by atoms with Crippen molar-refractivity contribution in [2.75, 3.05) is 20.3 Å². The average molecular weight is 321 g/mol. The lowest BCUT2D eigenvalue weighted by molar-refractivity contribution is -0.126. The number of amides is 1. The fourth-order valence-corrected chi connectivity index (χ4v) is 2.59. The van der Waals surface area contributed by atoms with E-state index in [2.05, 4.69) is 17.2 Å². The molecule has 0 radical (unpaired) electrons. The summed E-state index contributed by atoms with van der Waals surface area (Å²) >= 11 is 0. The smallest absolute Gasteiger partial charge is 0.227 e. The molecule has 0 saturated carbocycles. The summed E-state index contributed by atoms with van der Waals surface area (Å²) in [6.45, 7) is 0.706. The second kappa shape index (κ2) is 7.56. The van der Waals surface area contributed by atoms with Crippen LogP contribution in [0.5, 0.6) is 11.5 Å². The van der Waals surface area contributed by atoms with Crippen molar-refractivity contribution in [2.24, 2.45) is 5.92 Å². The van der Waals surface area contributed by atoms with E-state index in [1.807, 2.05) is 48.5 Å². The Morgan fingerprint density at radius 3 is 2.92 bits per heavy atom. The van der Waals surface area contributed by atoms with Gasteiger partial charge in [-0.15, -0.1) is 0 Å². The highest BCUT2D eigenvalue weighted by Gasteiger charge is 2.25. The molecule has 0 saturated heterocycles. The molecule has 0 bridgehead atoms. The Morgan fingerprint density at radius 1 is 1.29 bits per heavy atom. The Balaban J connectivity index is 1.54. The van der Waals surface area contributed by atoms with Gasteiger partial charge in [-0.05, 0) is 30.2 Å². The maximum atomic E-state index is 12.3. The van der Waals surface area contributed by atoms with Crippen molar-refractivity contribution < 1.29 is 14.3 Å². The third kappa shape index (κ3) is 3.88. The van der Waals surface area contributed by atoms with Crippen molar-refractivity contribution in [3.05, 3.63) is 59.7 Å². The molecule has 1 aliphatic rings. The average Bonchev–Trinajstić information content (AvgIpc) is 2.65. The summed E-state index contributed by atoms with van der Waals surface area (Å²) in [7, 11) is 1.62. The van der Waals surface area contributed by atoms with Crippen LogP contribution >= 0.6 is 0 Å². The number of carbonyl (C=O) groups excluding carboxylic acids is 1. The van der Waals surface area contributed by atoms with E-state index < -0.39 is 0 Å². The van der Waals surface area contributed by atoms with Gasteiger partial charge in [-0.2, -0.15) is 0 Å². The lowest BCUT2D eigenvalue weighted by Crippen LogP contribution is -2.37. The fraction of sp³-hybridized carbons (Fsp3) is 0.250. The predicted octanol–water partition coefficient (Wildman–Crippen LogP) is 2.41. The molecular formula is C20H19NO3. The molecule has 2 aromatic rings. The van der Waals surface area contributed by atoms with Crippen LogP contribution in [0.25, 0.3) is 0 Å². The first-order valence-electron chi connectivity index (χ1n) is 7.87.